The number of rotatable bonds is 6. The summed E-state index contributed by atoms with van der Waals surface area (Å²) in [5.41, 5.74) is 7.64. The third-order valence-electron chi connectivity index (χ3n) is 3.47. The van der Waals surface area contributed by atoms with Gasteiger partial charge in [-0.2, -0.15) is 0 Å². The number of carbonyl (C=O) groups is 2. The Hall–Kier alpha value is -2.86. The zero-order valence-corrected chi connectivity index (χ0v) is 14.6. The van der Waals surface area contributed by atoms with E-state index in [1.54, 1.807) is 36.4 Å². The summed E-state index contributed by atoms with van der Waals surface area (Å²) in [5.74, 6) is -0.558. The predicted molar refractivity (Wildman–Crippen MR) is 99.6 cm³/mol. The topological polar surface area (TPSA) is 108 Å². The molecule has 2 aromatic carbocycles. The highest BCUT2D eigenvalue weighted by Crippen LogP contribution is 2.13. The Kier molecular flexibility index (Phi) is 7.62. The van der Waals surface area contributed by atoms with Crippen LogP contribution in [0.15, 0.2) is 54.6 Å². The molecular weight excluding hydrogens is 340 g/mol. The van der Waals surface area contributed by atoms with E-state index in [1.165, 1.54) is 6.92 Å². The lowest BCUT2D eigenvalue weighted by molar-refractivity contribution is -0.128. The van der Waals surface area contributed by atoms with Gasteiger partial charge in [-0.25, -0.2) is 0 Å². The fourth-order valence-electron chi connectivity index (χ4n) is 2.24. The van der Waals surface area contributed by atoms with Crippen molar-refractivity contribution in [2.24, 2.45) is 5.73 Å². The number of hydrogen-bond donors (Lipinski definition) is 4. The number of hydrogen-bond acceptors (Lipinski definition) is 3. The van der Waals surface area contributed by atoms with E-state index in [2.05, 4.69) is 10.6 Å². The van der Waals surface area contributed by atoms with Crippen LogP contribution in [0.1, 0.15) is 29.7 Å². The fraction of sp³-hybridized carbons (Fsp3) is 0.167. The van der Waals surface area contributed by atoms with Gasteiger partial charge in [-0.15, -0.1) is 12.4 Å². The van der Waals surface area contributed by atoms with Crippen LogP contribution in [-0.2, 0) is 16.1 Å². The molecule has 1 unspecified atom stereocenters. The Balaban J connectivity index is 0.00000312. The monoisotopic (exact) mass is 360 g/mol. The zero-order valence-electron chi connectivity index (χ0n) is 13.8. The van der Waals surface area contributed by atoms with Crippen LogP contribution >= 0.6 is 12.4 Å². The van der Waals surface area contributed by atoms with E-state index in [1.807, 2.05) is 18.2 Å². The predicted octanol–water partition coefficient (Wildman–Crippen LogP) is 1.89. The van der Waals surface area contributed by atoms with E-state index < -0.39 is 6.04 Å². The molecule has 0 radical (unpaired) electrons. The highest BCUT2D eigenvalue weighted by molar-refractivity contribution is 5.94. The number of nitrogens with one attached hydrogen (secondary N) is 3. The van der Waals surface area contributed by atoms with Gasteiger partial charge < -0.3 is 16.4 Å². The third kappa shape index (κ3) is 5.93. The molecule has 5 N–H and O–H groups in total. The lowest BCUT2D eigenvalue weighted by atomic mass is 10.1. The van der Waals surface area contributed by atoms with Gasteiger partial charge in [0.25, 0.3) is 0 Å². The molecule has 0 aliphatic heterocycles. The average Bonchev–Trinajstić information content (AvgIpc) is 2.58. The SMILES string of the molecule is CC(=O)NC(C(=O)NCc1ccc(C(=N)N)cc1)c1ccccc1.Cl. The average molecular weight is 361 g/mol. The number of carbonyl (C=O) groups excluding carboxylic acids is 2. The van der Waals surface area contributed by atoms with Gasteiger partial charge in [0.15, 0.2) is 0 Å². The second-order valence-electron chi connectivity index (χ2n) is 5.37. The summed E-state index contributed by atoms with van der Waals surface area (Å²) in [6.07, 6.45) is 0. The first-order chi connectivity index (χ1) is 11.5. The maximum atomic E-state index is 12.4. The molecule has 7 heteroatoms. The molecule has 0 aromatic heterocycles. The van der Waals surface area contributed by atoms with Crippen molar-refractivity contribution in [2.75, 3.05) is 0 Å². The van der Waals surface area contributed by atoms with Crippen LogP contribution in [0.4, 0.5) is 0 Å². The maximum Gasteiger partial charge on any atom is 0.247 e. The molecule has 0 aliphatic rings. The highest BCUT2D eigenvalue weighted by Gasteiger charge is 2.20. The van der Waals surface area contributed by atoms with Crippen molar-refractivity contribution in [3.05, 3.63) is 71.3 Å². The van der Waals surface area contributed by atoms with Crippen molar-refractivity contribution < 1.29 is 9.59 Å². The number of halogens is 1. The number of amides is 2. The molecule has 0 fully saturated rings. The van der Waals surface area contributed by atoms with E-state index in [-0.39, 0.29) is 30.1 Å². The maximum absolute atomic E-state index is 12.4. The highest BCUT2D eigenvalue weighted by atomic mass is 35.5. The number of nitrogens with two attached hydrogens (primary N) is 1. The Labute approximate surface area is 152 Å². The van der Waals surface area contributed by atoms with Gasteiger partial charge in [-0.05, 0) is 11.1 Å². The van der Waals surface area contributed by atoms with Crippen molar-refractivity contribution in [3.8, 4) is 0 Å². The Morgan fingerprint density at radius 1 is 1.08 bits per heavy atom. The minimum absolute atomic E-state index is 0. The summed E-state index contributed by atoms with van der Waals surface area (Å²) < 4.78 is 0. The van der Waals surface area contributed by atoms with Crippen molar-refractivity contribution >= 4 is 30.1 Å². The minimum Gasteiger partial charge on any atom is -0.384 e. The zero-order chi connectivity index (χ0) is 17.5. The van der Waals surface area contributed by atoms with Gasteiger partial charge >= 0.3 is 0 Å². The van der Waals surface area contributed by atoms with E-state index >= 15 is 0 Å². The Bertz CT molecular complexity index is 733. The molecule has 0 aliphatic carbocycles. The molecule has 1 atom stereocenters. The lowest BCUT2D eigenvalue weighted by Gasteiger charge is -2.18. The molecule has 0 spiro atoms. The Morgan fingerprint density at radius 3 is 2.20 bits per heavy atom. The van der Waals surface area contributed by atoms with Crippen LogP contribution in [0, 0.1) is 5.41 Å². The lowest BCUT2D eigenvalue weighted by Crippen LogP contribution is -2.39. The van der Waals surface area contributed by atoms with Crippen molar-refractivity contribution in [1.29, 1.82) is 5.41 Å². The summed E-state index contributed by atoms with van der Waals surface area (Å²) in [6, 6.07) is 15.4. The van der Waals surface area contributed by atoms with Gasteiger partial charge in [-0.1, -0.05) is 54.6 Å². The quantitative estimate of drug-likeness (QED) is 0.466. The van der Waals surface area contributed by atoms with Crippen molar-refractivity contribution in [1.82, 2.24) is 10.6 Å². The normalized spacial score (nSPS) is 10.9. The molecule has 2 rings (SSSR count). The first-order valence-corrected chi connectivity index (χ1v) is 7.50. The molecule has 0 saturated carbocycles. The number of benzene rings is 2. The van der Waals surface area contributed by atoms with Crippen LogP contribution in [0.5, 0.6) is 0 Å². The molecule has 0 heterocycles. The molecule has 0 saturated heterocycles. The third-order valence-corrected chi connectivity index (χ3v) is 3.47. The largest absolute Gasteiger partial charge is 0.384 e. The van der Waals surface area contributed by atoms with Crippen molar-refractivity contribution in [3.63, 3.8) is 0 Å². The summed E-state index contributed by atoms with van der Waals surface area (Å²) in [6.45, 7) is 1.70. The van der Waals surface area contributed by atoms with E-state index in [0.29, 0.717) is 12.1 Å². The van der Waals surface area contributed by atoms with E-state index in [0.717, 1.165) is 11.1 Å². The molecule has 25 heavy (non-hydrogen) atoms. The van der Waals surface area contributed by atoms with Gasteiger partial charge in [0.1, 0.15) is 11.9 Å². The first-order valence-electron chi connectivity index (χ1n) is 7.50. The minimum atomic E-state index is -0.736. The summed E-state index contributed by atoms with van der Waals surface area (Å²) in [5, 5.41) is 12.8. The van der Waals surface area contributed by atoms with Gasteiger partial charge in [-0.3, -0.25) is 15.0 Å². The molecule has 0 bridgehead atoms. The smallest absolute Gasteiger partial charge is 0.247 e. The summed E-state index contributed by atoms with van der Waals surface area (Å²) in [4.78, 5) is 23.8. The Morgan fingerprint density at radius 2 is 1.68 bits per heavy atom. The van der Waals surface area contributed by atoms with Gasteiger partial charge in [0.05, 0.1) is 0 Å². The second kappa shape index (κ2) is 9.44. The van der Waals surface area contributed by atoms with Crippen LogP contribution < -0.4 is 16.4 Å². The molecular formula is C18H21ClN4O2. The molecule has 6 nitrogen and oxygen atoms in total. The second-order valence-corrected chi connectivity index (χ2v) is 5.37. The van der Waals surface area contributed by atoms with Gasteiger partial charge in [0, 0.05) is 19.0 Å². The molecule has 2 aromatic rings. The number of nitrogen functional groups attached to an aromatic ring is 1. The van der Waals surface area contributed by atoms with Crippen LogP contribution in [0.25, 0.3) is 0 Å². The van der Waals surface area contributed by atoms with Crippen molar-refractivity contribution in [2.45, 2.75) is 19.5 Å². The standard InChI is InChI=1S/C18H20N4O2.ClH/c1-12(23)22-16(14-5-3-2-4-6-14)18(24)21-11-13-7-9-15(10-8-13)17(19)20;/h2-10,16H,11H2,1H3,(H3,19,20)(H,21,24)(H,22,23);1H. The van der Waals surface area contributed by atoms with Crippen LogP contribution in [0.3, 0.4) is 0 Å². The number of amidine groups is 1. The van der Waals surface area contributed by atoms with E-state index in [9.17, 15) is 9.59 Å². The molecule has 2 amide bonds. The molecule has 132 valence electrons. The van der Waals surface area contributed by atoms with Gasteiger partial charge in [0.2, 0.25) is 11.8 Å². The van der Waals surface area contributed by atoms with E-state index in [4.69, 9.17) is 11.1 Å². The summed E-state index contributed by atoms with van der Waals surface area (Å²) >= 11 is 0. The summed E-state index contributed by atoms with van der Waals surface area (Å²) in [7, 11) is 0. The first kappa shape index (κ1) is 20.2. The van der Waals surface area contributed by atoms with Crippen LogP contribution in [0.2, 0.25) is 0 Å². The van der Waals surface area contributed by atoms with Crippen LogP contribution in [-0.4, -0.2) is 17.6 Å². The fourth-order valence-corrected chi connectivity index (χ4v) is 2.24.